The second-order valence-electron chi connectivity index (χ2n) is 7.96. The van der Waals surface area contributed by atoms with Crippen LogP contribution in [0, 0.1) is 11.7 Å². The molecule has 2 amide bonds. The third kappa shape index (κ3) is 5.76. The molecule has 2 heterocycles. The molecule has 1 aliphatic rings. The van der Waals surface area contributed by atoms with Gasteiger partial charge in [0.25, 0.3) is 11.5 Å². The number of rotatable bonds is 6. The van der Waals surface area contributed by atoms with Crippen molar-refractivity contribution in [3.8, 4) is 0 Å². The Morgan fingerprint density at radius 3 is 2.60 bits per heavy atom. The number of likely N-dealkylation sites (tertiary alicyclic amines) is 1. The summed E-state index contributed by atoms with van der Waals surface area (Å²) in [6.07, 6.45) is 3.42. The molecule has 7 nitrogen and oxygen atoms in total. The molecule has 0 saturated carbocycles. The van der Waals surface area contributed by atoms with Crippen LogP contribution in [0.2, 0.25) is 0 Å². The lowest BCUT2D eigenvalue weighted by Gasteiger charge is -2.34. The van der Waals surface area contributed by atoms with E-state index in [4.69, 9.17) is 0 Å². The fraction of sp³-hybridized carbons (Fsp3) is 0.409. The lowest BCUT2D eigenvalue weighted by molar-refractivity contribution is -0.133. The Kier molecular flexibility index (Phi) is 6.99. The van der Waals surface area contributed by atoms with E-state index in [1.807, 2.05) is 14.1 Å². The van der Waals surface area contributed by atoms with Crippen LogP contribution in [0.15, 0.2) is 47.4 Å². The molecule has 160 valence electrons. The lowest BCUT2D eigenvalue weighted by atomic mass is 9.97. The lowest BCUT2D eigenvalue weighted by Crippen LogP contribution is -2.44. The first-order chi connectivity index (χ1) is 14.3. The Hall–Kier alpha value is -3.00. The number of hydrogen-bond acceptors (Lipinski definition) is 4. The average Bonchev–Trinajstić information content (AvgIpc) is 2.71. The zero-order valence-corrected chi connectivity index (χ0v) is 17.3. The summed E-state index contributed by atoms with van der Waals surface area (Å²) in [4.78, 5) is 41.4. The van der Waals surface area contributed by atoms with Crippen LogP contribution in [0.1, 0.15) is 23.2 Å². The third-order valence-corrected chi connectivity index (χ3v) is 5.15. The second kappa shape index (κ2) is 9.67. The molecule has 0 unspecified atom stereocenters. The van der Waals surface area contributed by atoms with Crippen LogP contribution in [0.25, 0.3) is 0 Å². The van der Waals surface area contributed by atoms with E-state index in [9.17, 15) is 18.8 Å². The van der Waals surface area contributed by atoms with E-state index in [0.717, 1.165) is 19.4 Å². The molecule has 1 aromatic heterocycles. The van der Waals surface area contributed by atoms with E-state index in [-0.39, 0.29) is 23.6 Å². The van der Waals surface area contributed by atoms with Crippen molar-refractivity contribution in [3.05, 3.63) is 64.3 Å². The minimum atomic E-state index is -0.438. The van der Waals surface area contributed by atoms with Gasteiger partial charge in [-0.25, -0.2) is 4.39 Å². The maximum Gasteiger partial charge on any atom is 0.257 e. The number of halogens is 1. The summed E-state index contributed by atoms with van der Waals surface area (Å²) in [7, 11) is 4.03. The highest BCUT2D eigenvalue weighted by atomic mass is 19.1. The Morgan fingerprint density at radius 2 is 1.90 bits per heavy atom. The summed E-state index contributed by atoms with van der Waals surface area (Å²) in [5.41, 5.74) is 0.342. The molecule has 1 atom stereocenters. The monoisotopic (exact) mass is 414 g/mol. The van der Waals surface area contributed by atoms with Gasteiger partial charge < -0.3 is 19.7 Å². The number of pyridine rings is 1. The molecule has 3 rings (SSSR count). The number of carbonyl (C=O) groups is 2. The third-order valence-electron chi connectivity index (χ3n) is 5.15. The van der Waals surface area contributed by atoms with Crippen LogP contribution in [0.5, 0.6) is 0 Å². The Bertz CT molecular complexity index is 956. The zero-order valence-electron chi connectivity index (χ0n) is 17.3. The van der Waals surface area contributed by atoms with Gasteiger partial charge in [0.15, 0.2) is 0 Å². The largest absolute Gasteiger partial charge is 0.341 e. The van der Waals surface area contributed by atoms with Gasteiger partial charge in [-0.3, -0.25) is 14.4 Å². The number of hydrogen-bond donors (Lipinski definition) is 1. The molecule has 30 heavy (non-hydrogen) atoms. The van der Waals surface area contributed by atoms with E-state index in [2.05, 4.69) is 10.2 Å². The number of benzene rings is 1. The zero-order chi connectivity index (χ0) is 21.7. The smallest absolute Gasteiger partial charge is 0.257 e. The van der Waals surface area contributed by atoms with E-state index >= 15 is 0 Å². The fourth-order valence-electron chi connectivity index (χ4n) is 3.73. The van der Waals surface area contributed by atoms with Crippen LogP contribution in [0.3, 0.4) is 0 Å². The summed E-state index contributed by atoms with van der Waals surface area (Å²) in [5.74, 6) is -0.545. The summed E-state index contributed by atoms with van der Waals surface area (Å²) in [6, 6.07) is 8.09. The molecule has 1 fully saturated rings. The van der Waals surface area contributed by atoms with E-state index in [1.165, 1.54) is 47.2 Å². The predicted molar refractivity (Wildman–Crippen MR) is 113 cm³/mol. The summed E-state index contributed by atoms with van der Waals surface area (Å²) >= 11 is 0. The second-order valence-corrected chi connectivity index (χ2v) is 7.96. The van der Waals surface area contributed by atoms with Crippen LogP contribution in [-0.2, 0) is 11.3 Å². The van der Waals surface area contributed by atoms with Crippen LogP contribution in [0.4, 0.5) is 10.1 Å². The molecule has 1 saturated heterocycles. The van der Waals surface area contributed by atoms with Crippen LogP contribution in [-0.4, -0.2) is 59.9 Å². The minimum absolute atomic E-state index is 0.106. The van der Waals surface area contributed by atoms with Gasteiger partial charge >= 0.3 is 0 Å². The molecular formula is C22H27FN4O3. The standard InChI is InChI=1S/C22H27FN4O3/c1-25(2)12-16-4-3-11-26(13-16)21(29)15-27-14-17(5-10-20(27)28)22(30)24-19-8-6-18(23)7-9-19/h5-10,14,16H,3-4,11-13,15H2,1-2H3,(H,24,30)/t16-/m1/s1. The SMILES string of the molecule is CN(C)C[C@H]1CCCN(C(=O)Cn2cc(C(=O)Nc3ccc(F)cc3)ccc2=O)C1. The summed E-state index contributed by atoms with van der Waals surface area (Å²) in [5, 5.41) is 2.65. The van der Waals surface area contributed by atoms with Gasteiger partial charge in [0.05, 0.1) is 5.56 Å². The molecule has 8 heteroatoms. The molecule has 2 aromatic rings. The van der Waals surface area contributed by atoms with Gasteiger partial charge in [0.2, 0.25) is 5.91 Å². The number of piperidine rings is 1. The molecule has 1 aromatic carbocycles. The van der Waals surface area contributed by atoms with Crippen molar-refractivity contribution < 1.29 is 14.0 Å². The van der Waals surface area contributed by atoms with Crippen molar-refractivity contribution in [3.63, 3.8) is 0 Å². The quantitative estimate of drug-likeness (QED) is 0.785. The highest BCUT2D eigenvalue weighted by molar-refractivity contribution is 6.04. The van der Waals surface area contributed by atoms with Crippen LogP contribution >= 0.6 is 0 Å². The maximum atomic E-state index is 13.0. The van der Waals surface area contributed by atoms with Gasteiger partial charge in [-0.05, 0) is 63.2 Å². The van der Waals surface area contributed by atoms with E-state index in [1.54, 1.807) is 4.90 Å². The van der Waals surface area contributed by atoms with E-state index < -0.39 is 11.7 Å². The molecule has 0 spiro atoms. The average molecular weight is 414 g/mol. The predicted octanol–water partition coefficient (Wildman–Crippen LogP) is 2.04. The molecular weight excluding hydrogens is 387 g/mol. The normalized spacial score (nSPS) is 16.5. The molecule has 1 N–H and O–H groups in total. The Labute approximate surface area is 175 Å². The van der Waals surface area contributed by atoms with Crippen molar-refractivity contribution >= 4 is 17.5 Å². The van der Waals surface area contributed by atoms with Crippen molar-refractivity contribution in [2.45, 2.75) is 19.4 Å². The number of nitrogens with one attached hydrogen (secondary N) is 1. The van der Waals surface area contributed by atoms with Gasteiger partial charge in [0.1, 0.15) is 12.4 Å². The Morgan fingerprint density at radius 1 is 1.17 bits per heavy atom. The van der Waals surface area contributed by atoms with Crippen molar-refractivity contribution in [2.24, 2.45) is 5.92 Å². The topological polar surface area (TPSA) is 74.7 Å². The summed E-state index contributed by atoms with van der Waals surface area (Å²) in [6.45, 7) is 2.17. The van der Waals surface area contributed by atoms with Gasteiger partial charge in [-0.15, -0.1) is 0 Å². The van der Waals surface area contributed by atoms with Gasteiger partial charge in [-0.1, -0.05) is 0 Å². The number of aromatic nitrogens is 1. The van der Waals surface area contributed by atoms with Crippen molar-refractivity contribution in [1.82, 2.24) is 14.4 Å². The molecule has 1 aliphatic heterocycles. The van der Waals surface area contributed by atoms with E-state index in [0.29, 0.717) is 24.7 Å². The first-order valence-corrected chi connectivity index (χ1v) is 10.0. The van der Waals surface area contributed by atoms with Gasteiger partial charge in [0, 0.05) is 37.6 Å². The van der Waals surface area contributed by atoms with Crippen molar-refractivity contribution in [2.75, 3.05) is 39.0 Å². The molecule has 0 radical (unpaired) electrons. The number of nitrogens with zero attached hydrogens (tertiary/aromatic N) is 3. The van der Waals surface area contributed by atoms with Crippen LogP contribution < -0.4 is 10.9 Å². The highest BCUT2D eigenvalue weighted by Gasteiger charge is 2.24. The number of anilines is 1. The van der Waals surface area contributed by atoms with Gasteiger partial charge in [-0.2, -0.15) is 0 Å². The fourth-order valence-corrected chi connectivity index (χ4v) is 3.73. The number of carbonyl (C=O) groups excluding carboxylic acids is 2. The summed E-state index contributed by atoms with van der Waals surface area (Å²) < 4.78 is 14.3. The minimum Gasteiger partial charge on any atom is -0.341 e. The first-order valence-electron chi connectivity index (χ1n) is 10.0. The Balaban J connectivity index is 1.67. The maximum absolute atomic E-state index is 13.0. The van der Waals surface area contributed by atoms with Crippen molar-refractivity contribution in [1.29, 1.82) is 0 Å². The first kappa shape index (κ1) is 21.7. The molecule has 0 aliphatic carbocycles. The highest BCUT2D eigenvalue weighted by Crippen LogP contribution is 2.17. The number of amides is 2. The molecule has 0 bridgehead atoms.